The monoisotopic (exact) mass is 308 g/mol. The van der Waals surface area contributed by atoms with E-state index in [0.29, 0.717) is 18.0 Å². The van der Waals surface area contributed by atoms with Crippen molar-refractivity contribution in [3.63, 3.8) is 0 Å². The van der Waals surface area contributed by atoms with Gasteiger partial charge in [-0.25, -0.2) is 15.0 Å². The Kier molecular flexibility index (Phi) is 3.67. The minimum atomic E-state index is 0.346. The zero-order valence-electron chi connectivity index (χ0n) is 12.9. The molecule has 1 aliphatic carbocycles. The number of hydrogen-bond donors (Lipinski definition) is 3. The maximum absolute atomic E-state index is 5.96. The van der Waals surface area contributed by atoms with E-state index in [2.05, 4.69) is 25.3 Å². The third kappa shape index (κ3) is 2.90. The van der Waals surface area contributed by atoms with E-state index in [1.165, 1.54) is 0 Å². The van der Waals surface area contributed by atoms with Crippen LogP contribution in [0.5, 0.6) is 0 Å². The van der Waals surface area contributed by atoms with Gasteiger partial charge in [-0.3, -0.25) is 0 Å². The van der Waals surface area contributed by atoms with Gasteiger partial charge in [0.2, 0.25) is 5.95 Å². The number of aromatic amines is 1. The summed E-state index contributed by atoms with van der Waals surface area (Å²) in [6, 6.07) is 6.67. The fraction of sp³-hybridized carbons (Fsp3) is 0.353. The summed E-state index contributed by atoms with van der Waals surface area (Å²) in [5.74, 6) is 0.682. The Morgan fingerprint density at radius 3 is 2.83 bits per heavy atom. The van der Waals surface area contributed by atoms with E-state index in [-0.39, 0.29) is 0 Å². The first kappa shape index (κ1) is 14.1. The average Bonchev–Trinajstić information content (AvgIpc) is 3.01. The number of fused-ring (bicyclic) bond motifs is 1. The van der Waals surface area contributed by atoms with Crippen LogP contribution in [0.25, 0.3) is 22.3 Å². The molecule has 6 nitrogen and oxygen atoms in total. The van der Waals surface area contributed by atoms with Crippen molar-refractivity contribution in [3.05, 3.63) is 36.8 Å². The quantitative estimate of drug-likeness (QED) is 0.692. The summed E-state index contributed by atoms with van der Waals surface area (Å²) in [5, 5.41) is 4.52. The Bertz CT molecular complexity index is 803. The van der Waals surface area contributed by atoms with E-state index in [1.807, 2.05) is 24.4 Å². The molecule has 0 saturated heterocycles. The van der Waals surface area contributed by atoms with Gasteiger partial charge in [0.05, 0.1) is 5.69 Å². The molecule has 0 amide bonds. The number of anilines is 1. The summed E-state index contributed by atoms with van der Waals surface area (Å²) >= 11 is 0. The predicted molar refractivity (Wildman–Crippen MR) is 91.0 cm³/mol. The first-order valence-corrected chi connectivity index (χ1v) is 8.07. The molecule has 3 aromatic rings. The number of nitrogens with one attached hydrogen (secondary N) is 2. The number of H-pyrrole nitrogens is 1. The molecule has 0 radical (unpaired) electrons. The number of nitrogens with zero attached hydrogens (tertiary/aromatic N) is 3. The summed E-state index contributed by atoms with van der Waals surface area (Å²) in [5.41, 5.74) is 8.78. The van der Waals surface area contributed by atoms with Crippen LogP contribution in [0.2, 0.25) is 0 Å². The van der Waals surface area contributed by atoms with E-state index >= 15 is 0 Å². The first-order chi connectivity index (χ1) is 11.3. The molecule has 0 unspecified atom stereocenters. The van der Waals surface area contributed by atoms with E-state index in [1.54, 1.807) is 12.4 Å². The zero-order valence-corrected chi connectivity index (χ0v) is 12.9. The highest BCUT2D eigenvalue weighted by molar-refractivity contribution is 5.92. The molecule has 0 bridgehead atoms. The highest BCUT2D eigenvalue weighted by Gasteiger charge is 2.19. The molecule has 3 aromatic heterocycles. The number of aromatic nitrogens is 4. The van der Waals surface area contributed by atoms with Crippen molar-refractivity contribution >= 4 is 17.0 Å². The summed E-state index contributed by atoms with van der Waals surface area (Å²) in [4.78, 5) is 16.6. The van der Waals surface area contributed by atoms with Gasteiger partial charge in [-0.05, 0) is 43.9 Å². The summed E-state index contributed by atoms with van der Waals surface area (Å²) < 4.78 is 0. The fourth-order valence-electron chi connectivity index (χ4n) is 3.19. The van der Waals surface area contributed by atoms with Crippen molar-refractivity contribution in [2.24, 2.45) is 5.73 Å². The van der Waals surface area contributed by atoms with Gasteiger partial charge >= 0.3 is 0 Å². The highest BCUT2D eigenvalue weighted by Crippen LogP contribution is 2.27. The standard InChI is InChI=1S/C17H20N6/c18-11-3-5-12(6-4-11)22-17-20-9-7-15(23-17)14-10-21-16-13(14)2-1-8-19-16/h1-2,7-12H,3-6,18H2,(H,19,21)(H,20,22,23)/t11-,12-. The van der Waals surface area contributed by atoms with Crippen molar-refractivity contribution in [2.75, 3.05) is 5.32 Å². The fourth-order valence-corrected chi connectivity index (χ4v) is 3.19. The van der Waals surface area contributed by atoms with Crippen molar-refractivity contribution in [1.82, 2.24) is 19.9 Å². The van der Waals surface area contributed by atoms with Crippen molar-refractivity contribution in [3.8, 4) is 11.3 Å². The van der Waals surface area contributed by atoms with Crippen LogP contribution >= 0.6 is 0 Å². The Hall–Kier alpha value is -2.47. The van der Waals surface area contributed by atoms with Gasteiger partial charge in [-0.1, -0.05) is 0 Å². The van der Waals surface area contributed by atoms with Crippen LogP contribution in [0, 0.1) is 0 Å². The lowest BCUT2D eigenvalue weighted by atomic mass is 9.92. The second-order valence-electron chi connectivity index (χ2n) is 6.12. The molecule has 6 heteroatoms. The van der Waals surface area contributed by atoms with Gasteiger partial charge in [0, 0.05) is 41.6 Å². The summed E-state index contributed by atoms with van der Waals surface area (Å²) in [6.07, 6.45) is 9.80. The van der Waals surface area contributed by atoms with Gasteiger partial charge in [0.15, 0.2) is 0 Å². The normalized spacial score (nSPS) is 21.4. The van der Waals surface area contributed by atoms with Gasteiger partial charge < -0.3 is 16.0 Å². The van der Waals surface area contributed by atoms with Crippen LogP contribution in [0.3, 0.4) is 0 Å². The van der Waals surface area contributed by atoms with Crippen LogP contribution in [0.1, 0.15) is 25.7 Å². The molecule has 4 N–H and O–H groups in total. The van der Waals surface area contributed by atoms with Gasteiger partial charge in [0.1, 0.15) is 5.65 Å². The second kappa shape index (κ2) is 5.96. The smallest absolute Gasteiger partial charge is 0.223 e. The van der Waals surface area contributed by atoms with Gasteiger partial charge in [-0.15, -0.1) is 0 Å². The number of rotatable bonds is 3. The second-order valence-corrected chi connectivity index (χ2v) is 6.12. The van der Waals surface area contributed by atoms with Gasteiger partial charge in [0.25, 0.3) is 0 Å². The zero-order chi connectivity index (χ0) is 15.6. The maximum atomic E-state index is 5.96. The Balaban J connectivity index is 1.59. The maximum Gasteiger partial charge on any atom is 0.223 e. The van der Waals surface area contributed by atoms with E-state index < -0.39 is 0 Å². The van der Waals surface area contributed by atoms with E-state index in [4.69, 9.17) is 5.73 Å². The topological polar surface area (TPSA) is 92.5 Å². The Morgan fingerprint density at radius 2 is 1.96 bits per heavy atom. The Morgan fingerprint density at radius 1 is 1.09 bits per heavy atom. The SMILES string of the molecule is N[C@H]1CC[C@H](Nc2nccc(-c3c[nH]c4ncccc34)n2)CC1. The largest absolute Gasteiger partial charge is 0.351 e. The Labute approximate surface area is 134 Å². The molecule has 118 valence electrons. The van der Waals surface area contributed by atoms with Crippen molar-refractivity contribution < 1.29 is 0 Å². The lowest BCUT2D eigenvalue weighted by molar-refractivity contribution is 0.410. The molecule has 3 heterocycles. The molecule has 1 aliphatic rings. The number of pyridine rings is 1. The minimum absolute atomic E-state index is 0.346. The molecule has 0 atom stereocenters. The molecule has 4 rings (SSSR count). The van der Waals surface area contributed by atoms with Crippen LogP contribution in [-0.4, -0.2) is 32.0 Å². The summed E-state index contributed by atoms with van der Waals surface area (Å²) in [6.45, 7) is 0. The third-order valence-electron chi connectivity index (χ3n) is 4.49. The van der Waals surface area contributed by atoms with Crippen molar-refractivity contribution in [2.45, 2.75) is 37.8 Å². The van der Waals surface area contributed by atoms with E-state index in [0.717, 1.165) is 48.0 Å². The lowest BCUT2D eigenvalue weighted by Gasteiger charge is -2.26. The number of nitrogens with two attached hydrogens (primary N) is 1. The van der Waals surface area contributed by atoms with Crippen LogP contribution in [0.15, 0.2) is 36.8 Å². The molecule has 0 aliphatic heterocycles. The molecular weight excluding hydrogens is 288 g/mol. The average molecular weight is 308 g/mol. The molecule has 23 heavy (non-hydrogen) atoms. The van der Waals surface area contributed by atoms with E-state index in [9.17, 15) is 0 Å². The number of hydrogen-bond acceptors (Lipinski definition) is 5. The van der Waals surface area contributed by atoms with Crippen LogP contribution < -0.4 is 11.1 Å². The van der Waals surface area contributed by atoms with Crippen molar-refractivity contribution in [1.29, 1.82) is 0 Å². The molecule has 1 fully saturated rings. The third-order valence-corrected chi connectivity index (χ3v) is 4.49. The predicted octanol–water partition coefficient (Wildman–Crippen LogP) is 2.70. The first-order valence-electron chi connectivity index (χ1n) is 8.07. The molecule has 1 saturated carbocycles. The lowest BCUT2D eigenvalue weighted by Crippen LogP contribution is -2.33. The molecular formula is C17H20N6. The van der Waals surface area contributed by atoms with Crippen LogP contribution in [0.4, 0.5) is 5.95 Å². The summed E-state index contributed by atoms with van der Waals surface area (Å²) in [7, 11) is 0. The van der Waals surface area contributed by atoms with Crippen LogP contribution in [-0.2, 0) is 0 Å². The molecule has 0 spiro atoms. The minimum Gasteiger partial charge on any atom is -0.351 e. The highest BCUT2D eigenvalue weighted by atomic mass is 15.1. The van der Waals surface area contributed by atoms with Gasteiger partial charge in [-0.2, -0.15) is 0 Å². The molecule has 0 aromatic carbocycles.